The van der Waals surface area contributed by atoms with Gasteiger partial charge in [-0.1, -0.05) is 23.8 Å². The summed E-state index contributed by atoms with van der Waals surface area (Å²) in [6.07, 6.45) is 6.48. The lowest BCUT2D eigenvalue weighted by atomic mass is 10.1. The van der Waals surface area contributed by atoms with Crippen molar-refractivity contribution in [3.05, 3.63) is 58.6 Å². The van der Waals surface area contributed by atoms with E-state index in [9.17, 15) is 0 Å². The molecule has 1 aliphatic carbocycles. The lowest BCUT2D eigenvalue weighted by Crippen LogP contribution is -2.44. The van der Waals surface area contributed by atoms with E-state index in [1.54, 1.807) is 6.07 Å². The fraction of sp³-hybridized carbons (Fsp3) is 0.320. The van der Waals surface area contributed by atoms with Gasteiger partial charge in [-0.05, 0) is 45.0 Å². The molecule has 0 amide bonds. The normalized spacial score (nSPS) is 16.1. The molecule has 5 rings (SSSR count). The van der Waals surface area contributed by atoms with Gasteiger partial charge >= 0.3 is 6.01 Å². The maximum Gasteiger partial charge on any atom is 0.326 e. The Hall–Kier alpha value is -3.72. The number of rotatable bonds is 6. The van der Waals surface area contributed by atoms with Crippen LogP contribution >= 0.6 is 0 Å². The van der Waals surface area contributed by atoms with Gasteiger partial charge in [-0.2, -0.15) is 15.1 Å². The summed E-state index contributed by atoms with van der Waals surface area (Å²) in [5.41, 5.74) is 3.55. The van der Waals surface area contributed by atoms with Gasteiger partial charge in [-0.3, -0.25) is 5.10 Å². The third kappa shape index (κ3) is 4.65. The van der Waals surface area contributed by atoms with E-state index >= 15 is 4.39 Å². The van der Waals surface area contributed by atoms with Crippen LogP contribution in [0.15, 0.2) is 35.9 Å². The average molecular weight is 462 g/mol. The highest BCUT2D eigenvalue weighted by atomic mass is 19.1. The number of nitrogens with one attached hydrogen (secondary N) is 2. The first-order valence-electron chi connectivity index (χ1n) is 11.4. The number of nitrogens with zero attached hydrogens (tertiary/aromatic N) is 5. The Labute approximate surface area is 198 Å². The summed E-state index contributed by atoms with van der Waals surface area (Å²) in [7, 11) is 2.10. The van der Waals surface area contributed by atoms with Crippen molar-refractivity contribution >= 4 is 29.6 Å². The molecule has 2 N–H and O–H groups in total. The second-order valence-corrected chi connectivity index (χ2v) is 8.74. The number of allylic oxidation sites excluding steroid dienone is 2. The molecule has 2 aromatic heterocycles. The molecule has 0 saturated carbocycles. The topological polar surface area (TPSA) is 82.2 Å². The van der Waals surface area contributed by atoms with Crippen LogP contribution in [0.3, 0.4) is 0 Å². The lowest BCUT2D eigenvalue weighted by Gasteiger charge is -2.33. The third-order valence-electron chi connectivity index (χ3n) is 6.02. The number of anilines is 3. The minimum Gasteiger partial charge on any atom is -0.421 e. The van der Waals surface area contributed by atoms with Gasteiger partial charge in [0, 0.05) is 43.9 Å². The van der Waals surface area contributed by atoms with Crippen molar-refractivity contribution in [1.29, 1.82) is 0 Å². The molecule has 176 valence electrons. The summed E-state index contributed by atoms with van der Waals surface area (Å²) in [5, 5.41) is 10.4. The van der Waals surface area contributed by atoms with Gasteiger partial charge in [0.2, 0.25) is 0 Å². The van der Waals surface area contributed by atoms with Crippen LogP contribution in [-0.2, 0) is 6.42 Å². The summed E-state index contributed by atoms with van der Waals surface area (Å²) >= 11 is 0. The Morgan fingerprint density at radius 3 is 2.74 bits per heavy atom. The van der Waals surface area contributed by atoms with Gasteiger partial charge in [-0.15, -0.1) is 0 Å². The highest BCUT2D eigenvalue weighted by Gasteiger charge is 2.21. The number of ether oxygens (including phenoxy) is 1. The Morgan fingerprint density at radius 1 is 1.12 bits per heavy atom. The van der Waals surface area contributed by atoms with E-state index in [0.717, 1.165) is 55.2 Å². The Balaban J connectivity index is 1.46. The number of halogens is 1. The van der Waals surface area contributed by atoms with Crippen LogP contribution in [-0.4, -0.2) is 58.3 Å². The number of aromatic amines is 1. The van der Waals surface area contributed by atoms with Crippen molar-refractivity contribution in [3.63, 3.8) is 0 Å². The molecule has 1 saturated heterocycles. The minimum absolute atomic E-state index is 0.0840. The molecule has 3 heterocycles. The zero-order chi connectivity index (χ0) is 23.7. The summed E-state index contributed by atoms with van der Waals surface area (Å²) in [6.45, 7) is 7.46. The fourth-order valence-corrected chi connectivity index (χ4v) is 4.22. The Bertz CT molecular complexity index is 1260. The molecule has 0 bridgehead atoms. The van der Waals surface area contributed by atoms with E-state index in [1.807, 2.05) is 50.3 Å². The maximum atomic E-state index is 15.2. The van der Waals surface area contributed by atoms with Crippen LogP contribution in [0.2, 0.25) is 0 Å². The van der Waals surface area contributed by atoms with E-state index in [0.29, 0.717) is 17.2 Å². The van der Waals surface area contributed by atoms with Crippen molar-refractivity contribution in [2.24, 2.45) is 0 Å². The summed E-state index contributed by atoms with van der Waals surface area (Å²) in [6, 6.07) is 7.38. The van der Waals surface area contributed by atoms with Crippen LogP contribution in [0.25, 0.3) is 12.2 Å². The molecule has 2 aliphatic rings. The van der Waals surface area contributed by atoms with Crippen molar-refractivity contribution in [2.45, 2.75) is 20.3 Å². The molecule has 0 unspecified atom stereocenters. The molecular weight excluding hydrogens is 433 g/mol. The van der Waals surface area contributed by atoms with Crippen LogP contribution in [0, 0.1) is 5.82 Å². The summed E-state index contributed by atoms with van der Waals surface area (Å²) in [4.78, 5) is 13.6. The number of likely N-dealkylation sites (N-methyl/N-ethyl adjacent to an activating group) is 1. The standard InChI is InChI=1S/C25H28FN7O/c1-4-5-18-14-22(31-30-18)27-21-15-23(33-10-8-32(3)9-11-33)29-25(28-21)34-20-7-6-17-12-16(2)13-19(17)24(20)26/h4-7,13-15H,8-12H2,1-3H3,(H2,27,28,29,30,31)/b5-4+. The summed E-state index contributed by atoms with van der Waals surface area (Å²) < 4.78 is 21.1. The monoisotopic (exact) mass is 461 g/mol. The molecular formula is C25H28FN7O. The predicted octanol–water partition coefficient (Wildman–Crippen LogP) is 4.62. The van der Waals surface area contributed by atoms with Crippen molar-refractivity contribution < 1.29 is 9.13 Å². The van der Waals surface area contributed by atoms with E-state index in [-0.39, 0.29) is 17.6 Å². The number of hydrogen-bond acceptors (Lipinski definition) is 7. The largest absolute Gasteiger partial charge is 0.421 e. The zero-order valence-corrected chi connectivity index (χ0v) is 19.6. The van der Waals surface area contributed by atoms with Crippen LogP contribution in [0.5, 0.6) is 11.8 Å². The zero-order valence-electron chi connectivity index (χ0n) is 19.6. The Kier molecular flexibility index (Phi) is 6.02. The predicted molar refractivity (Wildman–Crippen MR) is 132 cm³/mol. The van der Waals surface area contributed by atoms with Crippen molar-refractivity contribution in [1.82, 2.24) is 25.1 Å². The molecule has 0 spiro atoms. The number of H-pyrrole nitrogens is 1. The van der Waals surface area contributed by atoms with Gasteiger partial charge < -0.3 is 19.9 Å². The highest BCUT2D eigenvalue weighted by Crippen LogP contribution is 2.34. The quantitative estimate of drug-likeness (QED) is 0.554. The molecule has 1 aliphatic heterocycles. The van der Waals surface area contributed by atoms with E-state index in [1.165, 1.54) is 0 Å². The third-order valence-corrected chi connectivity index (χ3v) is 6.02. The number of benzene rings is 1. The number of hydrogen-bond donors (Lipinski definition) is 2. The van der Waals surface area contributed by atoms with Crippen molar-refractivity contribution in [3.8, 4) is 11.8 Å². The first-order chi connectivity index (χ1) is 16.5. The second-order valence-electron chi connectivity index (χ2n) is 8.74. The molecule has 8 nitrogen and oxygen atoms in total. The van der Waals surface area contributed by atoms with E-state index in [2.05, 4.69) is 42.3 Å². The van der Waals surface area contributed by atoms with Crippen molar-refractivity contribution in [2.75, 3.05) is 43.4 Å². The van der Waals surface area contributed by atoms with Crippen LogP contribution in [0.1, 0.15) is 30.7 Å². The minimum atomic E-state index is -0.388. The van der Waals surface area contributed by atoms with Gasteiger partial charge in [0.05, 0.1) is 5.69 Å². The first kappa shape index (κ1) is 22.1. The molecule has 0 atom stereocenters. The van der Waals surface area contributed by atoms with E-state index < -0.39 is 0 Å². The molecule has 9 heteroatoms. The Morgan fingerprint density at radius 2 is 1.94 bits per heavy atom. The SMILES string of the molecule is C/C=C/c1cc(Nc2cc(N3CCN(C)CC3)nc(Oc3ccc4c(c3F)C=C(C)C4)n2)n[nH]1. The van der Waals surface area contributed by atoms with E-state index in [4.69, 9.17) is 4.74 Å². The van der Waals surface area contributed by atoms with Gasteiger partial charge in [0.25, 0.3) is 0 Å². The maximum absolute atomic E-state index is 15.2. The smallest absolute Gasteiger partial charge is 0.326 e. The average Bonchev–Trinajstić information content (AvgIpc) is 3.42. The summed E-state index contributed by atoms with van der Waals surface area (Å²) in [5.74, 6) is 1.59. The molecule has 1 fully saturated rings. The van der Waals surface area contributed by atoms with Crippen LogP contribution < -0.4 is 15.0 Å². The lowest BCUT2D eigenvalue weighted by molar-refractivity contribution is 0.311. The molecule has 34 heavy (non-hydrogen) atoms. The van der Waals surface area contributed by atoms with Gasteiger partial charge in [0.15, 0.2) is 17.4 Å². The second kappa shape index (κ2) is 9.26. The fourth-order valence-electron chi connectivity index (χ4n) is 4.22. The molecule has 3 aromatic rings. The number of piperazine rings is 1. The number of aromatic nitrogens is 4. The number of fused-ring (bicyclic) bond motifs is 1. The molecule has 0 radical (unpaired) electrons. The first-order valence-corrected chi connectivity index (χ1v) is 11.4. The molecule has 1 aromatic carbocycles. The van der Waals surface area contributed by atoms with Gasteiger partial charge in [-0.25, -0.2) is 4.39 Å². The van der Waals surface area contributed by atoms with Gasteiger partial charge in [0.1, 0.15) is 11.6 Å². The highest BCUT2D eigenvalue weighted by molar-refractivity contribution is 5.66. The van der Waals surface area contributed by atoms with Crippen LogP contribution in [0.4, 0.5) is 21.8 Å².